The van der Waals surface area contributed by atoms with Gasteiger partial charge in [-0.05, 0) is 26.0 Å². The zero-order chi connectivity index (χ0) is 15.6. The average Bonchev–Trinajstić information content (AvgIpc) is 2.82. The van der Waals surface area contributed by atoms with Crippen LogP contribution in [-0.4, -0.2) is 28.9 Å². The van der Waals surface area contributed by atoms with Crippen LogP contribution in [0.5, 0.6) is 0 Å². The summed E-state index contributed by atoms with van der Waals surface area (Å²) in [5.41, 5.74) is 0.494. The third kappa shape index (κ3) is 3.49. The van der Waals surface area contributed by atoms with Crippen LogP contribution in [0.15, 0.2) is 23.4 Å². The third-order valence-corrected chi connectivity index (χ3v) is 4.29. The molecular weight excluding hydrogens is 311 g/mol. The largest absolute Gasteiger partial charge is 0.347 e. The second-order valence-corrected chi connectivity index (χ2v) is 6.48. The van der Waals surface area contributed by atoms with Gasteiger partial charge in [0.1, 0.15) is 5.82 Å². The van der Waals surface area contributed by atoms with Gasteiger partial charge in [0.25, 0.3) is 0 Å². The summed E-state index contributed by atoms with van der Waals surface area (Å²) in [6.45, 7) is 4.13. The van der Waals surface area contributed by atoms with Crippen molar-refractivity contribution in [3.8, 4) is 0 Å². The molecule has 0 N–H and O–H groups in total. The lowest BCUT2D eigenvalue weighted by molar-refractivity contribution is 0.549. The van der Waals surface area contributed by atoms with Crippen molar-refractivity contribution >= 4 is 29.3 Å². The van der Waals surface area contributed by atoms with Gasteiger partial charge in [-0.15, -0.1) is 10.2 Å². The standard InChI is InChI=1S/C14H18ClFN4S/c1-9(2)20-13(19(3)4)17-18-14(20)21-8-10-11(15)6-5-7-12(10)16/h5-7,9H,8H2,1-4H3. The van der Waals surface area contributed by atoms with Crippen molar-refractivity contribution in [1.82, 2.24) is 14.8 Å². The van der Waals surface area contributed by atoms with Crippen molar-refractivity contribution < 1.29 is 4.39 Å². The molecule has 1 aromatic heterocycles. The second-order valence-electron chi connectivity index (χ2n) is 5.13. The highest BCUT2D eigenvalue weighted by Gasteiger charge is 2.17. The van der Waals surface area contributed by atoms with Crippen LogP contribution in [0, 0.1) is 5.82 Å². The van der Waals surface area contributed by atoms with Gasteiger partial charge in [0.2, 0.25) is 5.95 Å². The molecule has 4 nitrogen and oxygen atoms in total. The molecule has 2 rings (SSSR count). The number of hydrogen-bond acceptors (Lipinski definition) is 4. The van der Waals surface area contributed by atoms with Crippen molar-refractivity contribution in [2.75, 3.05) is 19.0 Å². The fraction of sp³-hybridized carbons (Fsp3) is 0.429. The monoisotopic (exact) mass is 328 g/mol. The number of aromatic nitrogens is 3. The first kappa shape index (κ1) is 16.1. The summed E-state index contributed by atoms with van der Waals surface area (Å²) in [6.07, 6.45) is 0. The first-order chi connectivity index (χ1) is 9.91. The summed E-state index contributed by atoms with van der Waals surface area (Å²) in [5, 5.41) is 9.58. The van der Waals surface area contributed by atoms with Crippen LogP contribution in [0.4, 0.5) is 10.3 Å². The molecule has 7 heteroatoms. The van der Waals surface area contributed by atoms with Crippen LogP contribution < -0.4 is 4.90 Å². The van der Waals surface area contributed by atoms with Gasteiger partial charge >= 0.3 is 0 Å². The summed E-state index contributed by atoms with van der Waals surface area (Å²) < 4.78 is 15.8. The van der Waals surface area contributed by atoms with Gasteiger partial charge in [-0.1, -0.05) is 29.4 Å². The first-order valence-corrected chi connectivity index (χ1v) is 7.96. The Hall–Kier alpha value is -1.27. The third-order valence-electron chi connectivity index (χ3n) is 2.97. The van der Waals surface area contributed by atoms with E-state index < -0.39 is 0 Å². The van der Waals surface area contributed by atoms with Crippen molar-refractivity contribution in [3.05, 3.63) is 34.6 Å². The minimum atomic E-state index is -0.293. The van der Waals surface area contributed by atoms with E-state index in [2.05, 4.69) is 24.0 Å². The summed E-state index contributed by atoms with van der Waals surface area (Å²) in [5.74, 6) is 0.912. The van der Waals surface area contributed by atoms with E-state index in [-0.39, 0.29) is 11.9 Å². The zero-order valence-corrected chi connectivity index (χ0v) is 14.0. The molecule has 0 saturated heterocycles. The van der Waals surface area contributed by atoms with Gasteiger partial charge in [-0.25, -0.2) is 4.39 Å². The topological polar surface area (TPSA) is 34.0 Å². The van der Waals surface area contributed by atoms with E-state index >= 15 is 0 Å². The molecule has 0 aliphatic heterocycles. The fourth-order valence-corrected chi connectivity index (χ4v) is 3.34. The van der Waals surface area contributed by atoms with E-state index in [1.165, 1.54) is 17.8 Å². The highest BCUT2D eigenvalue weighted by molar-refractivity contribution is 7.98. The van der Waals surface area contributed by atoms with Gasteiger partial charge < -0.3 is 4.90 Å². The molecule has 0 fully saturated rings. The van der Waals surface area contributed by atoms with Crippen molar-refractivity contribution in [3.63, 3.8) is 0 Å². The number of nitrogens with zero attached hydrogens (tertiary/aromatic N) is 4. The second kappa shape index (κ2) is 6.66. The fourth-order valence-electron chi connectivity index (χ4n) is 1.93. The zero-order valence-electron chi connectivity index (χ0n) is 12.5. The Balaban J connectivity index is 2.25. The molecule has 0 saturated carbocycles. The van der Waals surface area contributed by atoms with Crippen molar-refractivity contribution in [2.45, 2.75) is 30.8 Å². The molecule has 0 amide bonds. The molecular formula is C14H18ClFN4S. The van der Waals surface area contributed by atoms with Crippen molar-refractivity contribution in [2.24, 2.45) is 0 Å². The maximum atomic E-state index is 13.8. The number of halogens is 2. The van der Waals surface area contributed by atoms with Crippen molar-refractivity contribution in [1.29, 1.82) is 0 Å². The summed E-state index contributed by atoms with van der Waals surface area (Å²) >= 11 is 7.48. The Labute approximate surface area is 133 Å². The molecule has 0 atom stereocenters. The van der Waals surface area contributed by atoms with E-state index in [0.29, 0.717) is 16.3 Å². The van der Waals surface area contributed by atoms with Crippen LogP contribution >= 0.6 is 23.4 Å². The van der Waals surface area contributed by atoms with Gasteiger partial charge in [0.05, 0.1) is 0 Å². The molecule has 0 spiro atoms. The summed E-state index contributed by atoms with van der Waals surface area (Å²) in [7, 11) is 3.84. The van der Waals surface area contributed by atoms with E-state index in [0.717, 1.165) is 11.1 Å². The van der Waals surface area contributed by atoms with Crippen LogP contribution in [0.3, 0.4) is 0 Å². The minimum absolute atomic E-state index is 0.219. The number of thioether (sulfide) groups is 1. The Kier molecular flexibility index (Phi) is 5.11. The predicted molar refractivity (Wildman–Crippen MR) is 85.7 cm³/mol. The predicted octanol–water partition coefficient (Wildman–Crippen LogP) is 4.01. The Morgan fingerprint density at radius 1 is 1.33 bits per heavy atom. The van der Waals surface area contributed by atoms with Gasteiger partial charge in [-0.2, -0.15) is 0 Å². The maximum absolute atomic E-state index is 13.8. The number of benzene rings is 1. The highest BCUT2D eigenvalue weighted by atomic mass is 35.5. The lowest BCUT2D eigenvalue weighted by atomic mass is 10.2. The Bertz CT molecular complexity index is 607. The van der Waals surface area contributed by atoms with Gasteiger partial charge in [0.15, 0.2) is 5.16 Å². The molecule has 0 aliphatic carbocycles. The molecule has 1 aromatic carbocycles. The summed E-state index contributed by atoms with van der Waals surface area (Å²) in [6, 6.07) is 4.93. The quantitative estimate of drug-likeness (QED) is 0.777. The van der Waals surface area contributed by atoms with Crippen LogP contribution in [-0.2, 0) is 5.75 Å². The van der Waals surface area contributed by atoms with Crippen LogP contribution in [0.25, 0.3) is 0 Å². The first-order valence-electron chi connectivity index (χ1n) is 6.59. The van der Waals surface area contributed by atoms with Crippen LogP contribution in [0.2, 0.25) is 5.02 Å². The normalized spacial score (nSPS) is 11.2. The number of hydrogen-bond donors (Lipinski definition) is 0. The molecule has 0 unspecified atom stereocenters. The minimum Gasteiger partial charge on any atom is -0.347 e. The Morgan fingerprint density at radius 3 is 2.62 bits per heavy atom. The van der Waals surface area contributed by atoms with E-state index in [4.69, 9.17) is 11.6 Å². The SMILES string of the molecule is CC(C)n1c(SCc2c(F)cccc2Cl)nnc1N(C)C. The highest BCUT2D eigenvalue weighted by Crippen LogP contribution is 2.30. The van der Waals surface area contributed by atoms with Gasteiger partial charge in [0, 0.05) is 36.5 Å². The van der Waals surface area contributed by atoms with E-state index in [1.807, 2.05) is 23.6 Å². The molecule has 0 aliphatic rings. The molecule has 21 heavy (non-hydrogen) atoms. The van der Waals surface area contributed by atoms with Crippen LogP contribution in [0.1, 0.15) is 25.5 Å². The average molecular weight is 329 g/mol. The molecule has 1 heterocycles. The lowest BCUT2D eigenvalue weighted by Crippen LogP contribution is -2.17. The number of rotatable bonds is 5. The van der Waals surface area contributed by atoms with Gasteiger partial charge in [-0.3, -0.25) is 4.57 Å². The number of anilines is 1. The molecule has 114 valence electrons. The van der Waals surface area contributed by atoms with E-state index in [9.17, 15) is 4.39 Å². The maximum Gasteiger partial charge on any atom is 0.227 e. The smallest absolute Gasteiger partial charge is 0.227 e. The molecule has 0 bridgehead atoms. The molecule has 0 radical (unpaired) electrons. The van der Waals surface area contributed by atoms with E-state index in [1.54, 1.807) is 12.1 Å². The Morgan fingerprint density at radius 2 is 2.05 bits per heavy atom. The molecule has 2 aromatic rings. The lowest BCUT2D eigenvalue weighted by Gasteiger charge is -2.17. The summed E-state index contributed by atoms with van der Waals surface area (Å²) in [4.78, 5) is 1.91.